The third-order valence-electron chi connectivity index (χ3n) is 2.35. The van der Waals surface area contributed by atoms with E-state index in [0.29, 0.717) is 0 Å². The first-order chi connectivity index (χ1) is 6.16. The normalized spacial score (nSPS) is 20.4. The monoisotopic (exact) mass is 185 g/mol. The number of nitrogens with two attached hydrogens (primary N) is 1. The minimum atomic E-state index is -0.511. The summed E-state index contributed by atoms with van der Waals surface area (Å²) >= 11 is 0. The zero-order valence-corrected chi connectivity index (χ0v) is 7.73. The van der Waals surface area contributed by atoms with Crippen LogP contribution in [-0.2, 0) is 4.79 Å². The van der Waals surface area contributed by atoms with Crippen molar-refractivity contribution in [2.75, 3.05) is 13.1 Å². The van der Waals surface area contributed by atoms with Crippen LogP contribution in [0.25, 0.3) is 0 Å². The van der Waals surface area contributed by atoms with Crippen molar-refractivity contribution in [2.24, 2.45) is 16.8 Å². The predicted octanol–water partition coefficient (Wildman–Crippen LogP) is -0.00870. The van der Waals surface area contributed by atoms with E-state index in [1.165, 1.54) is 0 Å². The van der Waals surface area contributed by atoms with Gasteiger partial charge in [-0.3, -0.25) is 4.79 Å². The number of rotatable bonds is 2. The summed E-state index contributed by atoms with van der Waals surface area (Å²) in [6, 6.07) is 0. The van der Waals surface area contributed by atoms with E-state index in [0.717, 1.165) is 25.9 Å². The Hall–Kier alpha value is -1.26. The molecule has 0 bridgehead atoms. The molecule has 0 aliphatic carbocycles. The number of nitrogens with zero attached hydrogens (tertiary/aromatic N) is 2. The van der Waals surface area contributed by atoms with E-state index in [1.54, 1.807) is 11.8 Å². The lowest BCUT2D eigenvalue weighted by molar-refractivity contribution is -0.131. The van der Waals surface area contributed by atoms with E-state index in [2.05, 4.69) is 5.16 Å². The summed E-state index contributed by atoms with van der Waals surface area (Å²) in [7, 11) is 0. The molecule has 0 aromatic carbocycles. The van der Waals surface area contributed by atoms with Crippen LogP contribution in [0.15, 0.2) is 5.16 Å². The van der Waals surface area contributed by atoms with Crippen LogP contribution in [-0.4, -0.2) is 34.9 Å². The fourth-order valence-corrected chi connectivity index (χ4v) is 1.42. The highest BCUT2D eigenvalue weighted by Crippen LogP contribution is 2.11. The second-order valence-corrected chi connectivity index (χ2v) is 3.28. The zero-order chi connectivity index (χ0) is 9.84. The first-order valence-electron chi connectivity index (χ1n) is 4.43. The Morgan fingerprint density at radius 1 is 1.54 bits per heavy atom. The van der Waals surface area contributed by atoms with E-state index in [1.807, 2.05) is 0 Å². The number of carbonyl (C=O) groups excluding carboxylic acids is 1. The third kappa shape index (κ3) is 2.11. The first-order valence-corrected chi connectivity index (χ1v) is 4.43. The molecular formula is C8H15N3O2. The average molecular weight is 185 g/mol. The van der Waals surface area contributed by atoms with Gasteiger partial charge in [0.2, 0.25) is 5.91 Å². The van der Waals surface area contributed by atoms with Crippen molar-refractivity contribution < 1.29 is 10.0 Å². The van der Waals surface area contributed by atoms with Gasteiger partial charge in [0, 0.05) is 13.1 Å². The summed E-state index contributed by atoms with van der Waals surface area (Å²) < 4.78 is 0. The number of hydrogen-bond acceptors (Lipinski definition) is 3. The number of likely N-dealkylation sites (tertiary alicyclic amines) is 1. The van der Waals surface area contributed by atoms with Gasteiger partial charge in [0.05, 0.1) is 5.92 Å². The first kappa shape index (κ1) is 9.83. The lowest BCUT2D eigenvalue weighted by Crippen LogP contribution is -2.39. The van der Waals surface area contributed by atoms with Gasteiger partial charge in [-0.2, -0.15) is 0 Å². The molecule has 1 atom stereocenters. The molecule has 1 aliphatic heterocycles. The number of oxime groups is 1. The minimum absolute atomic E-state index is 0.0168. The average Bonchev–Trinajstić information content (AvgIpc) is 2.67. The third-order valence-corrected chi connectivity index (χ3v) is 2.35. The van der Waals surface area contributed by atoms with Crippen LogP contribution in [0.3, 0.4) is 0 Å². The second-order valence-electron chi connectivity index (χ2n) is 3.28. The van der Waals surface area contributed by atoms with E-state index in [-0.39, 0.29) is 11.7 Å². The molecule has 1 heterocycles. The molecule has 0 saturated carbocycles. The summed E-state index contributed by atoms with van der Waals surface area (Å²) in [4.78, 5) is 13.4. The molecule has 74 valence electrons. The lowest BCUT2D eigenvalue weighted by Gasteiger charge is -2.19. The van der Waals surface area contributed by atoms with E-state index < -0.39 is 5.92 Å². The van der Waals surface area contributed by atoms with Gasteiger partial charge in [-0.1, -0.05) is 5.16 Å². The van der Waals surface area contributed by atoms with Crippen LogP contribution in [0.5, 0.6) is 0 Å². The van der Waals surface area contributed by atoms with Gasteiger partial charge in [0.25, 0.3) is 0 Å². The van der Waals surface area contributed by atoms with Gasteiger partial charge in [-0.05, 0) is 19.8 Å². The van der Waals surface area contributed by atoms with Gasteiger partial charge >= 0.3 is 0 Å². The number of amides is 1. The molecule has 1 aliphatic rings. The highest BCUT2D eigenvalue weighted by Gasteiger charge is 2.25. The van der Waals surface area contributed by atoms with Crippen LogP contribution >= 0.6 is 0 Å². The predicted molar refractivity (Wildman–Crippen MR) is 48.4 cm³/mol. The summed E-state index contributed by atoms with van der Waals surface area (Å²) in [5.74, 6) is -0.576. The van der Waals surface area contributed by atoms with Gasteiger partial charge in [0.15, 0.2) is 5.84 Å². The number of carbonyl (C=O) groups is 1. The highest BCUT2D eigenvalue weighted by molar-refractivity contribution is 6.01. The Kier molecular flexibility index (Phi) is 3.11. The topological polar surface area (TPSA) is 78.9 Å². The molecule has 1 saturated heterocycles. The molecule has 5 nitrogen and oxygen atoms in total. The minimum Gasteiger partial charge on any atom is -0.409 e. The molecular weight excluding hydrogens is 170 g/mol. The molecule has 1 amide bonds. The summed E-state index contributed by atoms with van der Waals surface area (Å²) in [6.07, 6.45) is 2.10. The van der Waals surface area contributed by atoms with Gasteiger partial charge in [0.1, 0.15) is 0 Å². The largest absolute Gasteiger partial charge is 0.409 e. The molecule has 5 heteroatoms. The van der Waals surface area contributed by atoms with Gasteiger partial charge in [-0.25, -0.2) is 0 Å². The summed E-state index contributed by atoms with van der Waals surface area (Å²) in [6.45, 7) is 3.24. The van der Waals surface area contributed by atoms with Crippen LogP contribution in [0.1, 0.15) is 19.8 Å². The molecule has 0 radical (unpaired) electrons. The fourth-order valence-electron chi connectivity index (χ4n) is 1.42. The zero-order valence-electron chi connectivity index (χ0n) is 7.73. The maximum absolute atomic E-state index is 11.6. The van der Waals surface area contributed by atoms with Crippen molar-refractivity contribution in [3.63, 3.8) is 0 Å². The Labute approximate surface area is 77.2 Å². The fraction of sp³-hybridized carbons (Fsp3) is 0.750. The van der Waals surface area contributed by atoms with Crippen molar-refractivity contribution >= 4 is 11.7 Å². The van der Waals surface area contributed by atoms with E-state index >= 15 is 0 Å². The highest BCUT2D eigenvalue weighted by atomic mass is 16.4. The van der Waals surface area contributed by atoms with Crippen molar-refractivity contribution in [3.8, 4) is 0 Å². The Morgan fingerprint density at radius 3 is 2.54 bits per heavy atom. The molecule has 0 aromatic heterocycles. The quantitative estimate of drug-likeness (QED) is 0.275. The molecule has 1 fully saturated rings. The van der Waals surface area contributed by atoms with E-state index in [4.69, 9.17) is 10.9 Å². The molecule has 0 aromatic rings. The van der Waals surface area contributed by atoms with E-state index in [9.17, 15) is 4.79 Å². The van der Waals surface area contributed by atoms with Crippen molar-refractivity contribution in [3.05, 3.63) is 0 Å². The van der Waals surface area contributed by atoms with Gasteiger partial charge in [-0.15, -0.1) is 0 Å². The molecule has 0 spiro atoms. The summed E-state index contributed by atoms with van der Waals surface area (Å²) in [5.41, 5.74) is 5.34. The van der Waals surface area contributed by atoms with Crippen molar-refractivity contribution in [1.29, 1.82) is 0 Å². The van der Waals surface area contributed by atoms with Crippen LogP contribution in [0.2, 0.25) is 0 Å². The molecule has 3 N–H and O–H groups in total. The standard InChI is InChI=1S/C8H15N3O2/c1-6(7(9)10-13)8(12)11-4-2-3-5-11/h6,13H,2-5H2,1H3,(H2,9,10). The molecule has 13 heavy (non-hydrogen) atoms. The van der Waals surface area contributed by atoms with Crippen LogP contribution in [0, 0.1) is 5.92 Å². The maximum Gasteiger partial charge on any atom is 0.233 e. The maximum atomic E-state index is 11.6. The van der Waals surface area contributed by atoms with Crippen molar-refractivity contribution in [1.82, 2.24) is 4.90 Å². The van der Waals surface area contributed by atoms with Gasteiger partial charge < -0.3 is 15.8 Å². The Balaban J connectivity index is 2.55. The summed E-state index contributed by atoms with van der Waals surface area (Å²) in [5, 5.41) is 11.2. The number of hydrogen-bond donors (Lipinski definition) is 2. The van der Waals surface area contributed by atoms with Crippen LogP contribution < -0.4 is 5.73 Å². The Bertz CT molecular complexity index is 221. The second kappa shape index (κ2) is 4.11. The molecule has 1 rings (SSSR count). The molecule has 1 unspecified atom stereocenters. The SMILES string of the molecule is CC(C(=O)N1CCCC1)C(N)=NO. The Morgan fingerprint density at radius 2 is 2.08 bits per heavy atom. The lowest BCUT2D eigenvalue weighted by atomic mass is 10.1. The van der Waals surface area contributed by atoms with Crippen molar-refractivity contribution in [2.45, 2.75) is 19.8 Å². The number of amidine groups is 1. The van der Waals surface area contributed by atoms with Crippen LogP contribution in [0.4, 0.5) is 0 Å². The smallest absolute Gasteiger partial charge is 0.233 e.